The van der Waals surface area contributed by atoms with Crippen molar-refractivity contribution >= 4 is 15.9 Å². The van der Waals surface area contributed by atoms with E-state index >= 15 is 0 Å². The summed E-state index contributed by atoms with van der Waals surface area (Å²) in [7, 11) is 0. The van der Waals surface area contributed by atoms with Crippen molar-refractivity contribution in [1.29, 1.82) is 0 Å². The van der Waals surface area contributed by atoms with Gasteiger partial charge >= 0.3 is 0 Å². The van der Waals surface area contributed by atoms with Gasteiger partial charge in [-0.1, -0.05) is 6.42 Å². The molecule has 0 radical (unpaired) electrons. The summed E-state index contributed by atoms with van der Waals surface area (Å²) < 4.78 is 1.09. The summed E-state index contributed by atoms with van der Waals surface area (Å²) in [6.45, 7) is 3.24. The van der Waals surface area contributed by atoms with Gasteiger partial charge in [-0.15, -0.1) is 0 Å². The van der Waals surface area contributed by atoms with Gasteiger partial charge in [0.25, 0.3) is 0 Å². The van der Waals surface area contributed by atoms with Crippen molar-refractivity contribution in [3.63, 3.8) is 0 Å². The number of halogens is 1. The van der Waals surface area contributed by atoms with Gasteiger partial charge in [0.15, 0.2) is 0 Å². The second kappa shape index (κ2) is 4.41. The highest BCUT2D eigenvalue weighted by Gasteiger charge is 2.15. The number of hydrogen-bond donors (Lipinski definition) is 1. The van der Waals surface area contributed by atoms with Gasteiger partial charge in [-0.2, -0.15) is 0 Å². The number of pyridine rings is 1. The second-order valence-corrected chi connectivity index (χ2v) is 4.72. The third-order valence-electron chi connectivity index (χ3n) is 2.74. The fourth-order valence-corrected chi connectivity index (χ4v) is 2.07. The Balaban J connectivity index is 2.18. The van der Waals surface area contributed by atoms with E-state index in [1.165, 1.54) is 30.5 Å². The summed E-state index contributed by atoms with van der Waals surface area (Å²) in [6.07, 6.45) is 5.73. The molecule has 2 rings (SSSR count). The number of aromatic nitrogens is 1. The minimum absolute atomic E-state index is 0.468. The maximum absolute atomic E-state index is 4.45. The second-order valence-electron chi connectivity index (χ2n) is 3.86. The van der Waals surface area contributed by atoms with Crippen molar-refractivity contribution in [2.45, 2.75) is 32.2 Å². The SMILES string of the molecule is Cc1cc(C2CCCCN2)ncc1Br. The predicted octanol–water partition coefficient (Wildman–Crippen LogP) is 2.97. The Hall–Kier alpha value is -0.410. The molecule has 1 unspecified atom stereocenters. The monoisotopic (exact) mass is 254 g/mol. The quantitative estimate of drug-likeness (QED) is 0.834. The van der Waals surface area contributed by atoms with E-state index in [-0.39, 0.29) is 0 Å². The lowest BCUT2D eigenvalue weighted by molar-refractivity contribution is 0.405. The van der Waals surface area contributed by atoms with Gasteiger partial charge < -0.3 is 5.32 Å². The molecule has 2 heterocycles. The first-order chi connectivity index (χ1) is 6.77. The summed E-state index contributed by atoms with van der Waals surface area (Å²) in [5.74, 6) is 0. The Morgan fingerprint density at radius 1 is 1.50 bits per heavy atom. The highest BCUT2D eigenvalue weighted by Crippen LogP contribution is 2.24. The number of aryl methyl sites for hydroxylation is 1. The van der Waals surface area contributed by atoms with Gasteiger partial charge in [0.1, 0.15) is 0 Å². The van der Waals surface area contributed by atoms with Crippen LogP contribution in [0.4, 0.5) is 0 Å². The van der Waals surface area contributed by atoms with E-state index in [4.69, 9.17) is 0 Å². The molecule has 0 saturated carbocycles. The molecule has 0 aromatic carbocycles. The predicted molar refractivity (Wildman–Crippen MR) is 61.3 cm³/mol. The Labute approximate surface area is 93.3 Å². The van der Waals surface area contributed by atoms with Gasteiger partial charge in [-0.3, -0.25) is 4.98 Å². The van der Waals surface area contributed by atoms with E-state index in [0.29, 0.717) is 6.04 Å². The van der Waals surface area contributed by atoms with Crippen molar-refractivity contribution in [1.82, 2.24) is 10.3 Å². The molecule has 0 amide bonds. The fourth-order valence-electron chi connectivity index (χ4n) is 1.86. The molecule has 3 heteroatoms. The maximum Gasteiger partial charge on any atom is 0.0576 e. The summed E-state index contributed by atoms with van der Waals surface area (Å²) in [5, 5.41) is 3.50. The van der Waals surface area contributed by atoms with E-state index in [1.54, 1.807) is 0 Å². The highest BCUT2D eigenvalue weighted by molar-refractivity contribution is 9.10. The Morgan fingerprint density at radius 2 is 2.36 bits per heavy atom. The van der Waals surface area contributed by atoms with E-state index < -0.39 is 0 Å². The molecule has 1 atom stereocenters. The van der Waals surface area contributed by atoms with Crippen molar-refractivity contribution in [2.24, 2.45) is 0 Å². The number of hydrogen-bond acceptors (Lipinski definition) is 2. The smallest absolute Gasteiger partial charge is 0.0576 e. The van der Waals surface area contributed by atoms with Crippen LogP contribution >= 0.6 is 15.9 Å². The van der Waals surface area contributed by atoms with Crippen LogP contribution in [0.2, 0.25) is 0 Å². The molecule has 1 saturated heterocycles. The standard InChI is InChI=1S/C11H15BrN2/c1-8-6-11(14-7-9(8)12)10-4-2-3-5-13-10/h6-7,10,13H,2-5H2,1H3. The molecular weight excluding hydrogens is 240 g/mol. The minimum Gasteiger partial charge on any atom is -0.309 e. The zero-order valence-corrected chi connectivity index (χ0v) is 9.97. The number of piperidine rings is 1. The van der Waals surface area contributed by atoms with Gasteiger partial charge in [-0.05, 0) is 53.9 Å². The topological polar surface area (TPSA) is 24.9 Å². The molecule has 0 aliphatic carbocycles. The molecule has 76 valence electrons. The van der Waals surface area contributed by atoms with Gasteiger partial charge in [0.2, 0.25) is 0 Å². The minimum atomic E-state index is 0.468. The van der Waals surface area contributed by atoms with E-state index in [0.717, 1.165) is 11.0 Å². The van der Waals surface area contributed by atoms with Gasteiger partial charge in [0.05, 0.1) is 5.69 Å². The average Bonchev–Trinajstić information content (AvgIpc) is 2.23. The third-order valence-corrected chi connectivity index (χ3v) is 3.57. The van der Waals surface area contributed by atoms with Crippen molar-refractivity contribution < 1.29 is 0 Å². The molecule has 1 fully saturated rings. The summed E-state index contributed by atoms with van der Waals surface area (Å²) in [6, 6.07) is 2.64. The van der Waals surface area contributed by atoms with Crippen LogP contribution in [-0.2, 0) is 0 Å². The number of rotatable bonds is 1. The lowest BCUT2D eigenvalue weighted by Crippen LogP contribution is -2.27. The molecule has 2 nitrogen and oxygen atoms in total. The molecule has 1 aromatic rings. The first-order valence-corrected chi connectivity index (χ1v) is 5.92. The molecule has 1 aliphatic rings. The Morgan fingerprint density at radius 3 is 3.00 bits per heavy atom. The van der Waals surface area contributed by atoms with E-state index in [2.05, 4.69) is 39.2 Å². The van der Waals surface area contributed by atoms with Gasteiger partial charge in [0, 0.05) is 16.7 Å². The van der Waals surface area contributed by atoms with Crippen molar-refractivity contribution in [3.05, 3.63) is 28.0 Å². The molecular formula is C11H15BrN2. The Bertz CT molecular complexity index is 319. The average molecular weight is 255 g/mol. The lowest BCUT2D eigenvalue weighted by atomic mass is 10.0. The Kier molecular flexibility index (Phi) is 3.19. The normalized spacial score (nSPS) is 22.3. The summed E-state index contributed by atoms with van der Waals surface area (Å²) in [4.78, 5) is 4.45. The molecule has 1 aromatic heterocycles. The summed E-state index contributed by atoms with van der Waals surface area (Å²) >= 11 is 3.47. The molecule has 1 aliphatic heterocycles. The van der Waals surface area contributed by atoms with Crippen LogP contribution < -0.4 is 5.32 Å². The largest absolute Gasteiger partial charge is 0.309 e. The molecule has 1 N–H and O–H groups in total. The van der Waals surface area contributed by atoms with Crippen LogP contribution in [0, 0.1) is 6.92 Å². The van der Waals surface area contributed by atoms with Crippen molar-refractivity contribution in [3.8, 4) is 0 Å². The van der Waals surface area contributed by atoms with E-state index in [1.807, 2.05) is 6.20 Å². The first kappa shape index (κ1) is 10.1. The van der Waals surface area contributed by atoms with Crippen LogP contribution in [0.15, 0.2) is 16.7 Å². The molecule has 0 bridgehead atoms. The maximum atomic E-state index is 4.45. The zero-order chi connectivity index (χ0) is 9.97. The van der Waals surface area contributed by atoms with Crippen LogP contribution in [0.5, 0.6) is 0 Å². The van der Waals surface area contributed by atoms with Crippen LogP contribution in [-0.4, -0.2) is 11.5 Å². The highest BCUT2D eigenvalue weighted by atomic mass is 79.9. The fraction of sp³-hybridized carbons (Fsp3) is 0.545. The first-order valence-electron chi connectivity index (χ1n) is 5.13. The lowest BCUT2D eigenvalue weighted by Gasteiger charge is -2.23. The summed E-state index contributed by atoms with van der Waals surface area (Å²) in [5.41, 5.74) is 2.45. The number of nitrogens with one attached hydrogen (secondary N) is 1. The van der Waals surface area contributed by atoms with E-state index in [9.17, 15) is 0 Å². The van der Waals surface area contributed by atoms with Gasteiger partial charge in [-0.25, -0.2) is 0 Å². The van der Waals surface area contributed by atoms with Crippen molar-refractivity contribution in [2.75, 3.05) is 6.54 Å². The molecule has 14 heavy (non-hydrogen) atoms. The third kappa shape index (κ3) is 2.15. The molecule has 0 spiro atoms. The zero-order valence-electron chi connectivity index (χ0n) is 8.39. The van der Waals surface area contributed by atoms with Crippen LogP contribution in [0.25, 0.3) is 0 Å². The van der Waals surface area contributed by atoms with Crippen LogP contribution in [0.1, 0.15) is 36.6 Å². The number of nitrogens with zero attached hydrogens (tertiary/aromatic N) is 1. The van der Waals surface area contributed by atoms with Crippen LogP contribution in [0.3, 0.4) is 0 Å².